The summed E-state index contributed by atoms with van der Waals surface area (Å²) < 4.78 is 0. The molecular weight excluding hydrogens is 190 g/mol. The Hall–Kier alpha value is -1.29. The van der Waals surface area contributed by atoms with E-state index < -0.39 is 0 Å². The highest BCUT2D eigenvalue weighted by Gasteiger charge is 2.22. The summed E-state index contributed by atoms with van der Waals surface area (Å²) in [7, 11) is 0. The van der Waals surface area contributed by atoms with Crippen LogP contribution < -0.4 is 11.1 Å². The van der Waals surface area contributed by atoms with Gasteiger partial charge in [0.2, 0.25) is 0 Å². The highest BCUT2D eigenvalue weighted by atomic mass is 16.3. The standard InChI is InChI=1S/C11H17N3O/c12-9-2-4-11(14-7-9)13-6-8-1-3-10(15)5-8/h2,4,7-8,10,15H,1,3,5-6,12H2,(H,13,14). The Morgan fingerprint density at radius 2 is 2.33 bits per heavy atom. The number of nitrogens with one attached hydrogen (secondary N) is 1. The molecule has 1 saturated carbocycles. The van der Waals surface area contributed by atoms with Crippen molar-refractivity contribution >= 4 is 11.5 Å². The normalized spacial score (nSPS) is 25.4. The first-order valence-electron chi connectivity index (χ1n) is 5.37. The van der Waals surface area contributed by atoms with Crippen molar-refractivity contribution in [1.29, 1.82) is 0 Å². The molecule has 1 aromatic heterocycles. The van der Waals surface area contributed by atoms with Crippen molar-refractivity contribution in [3.05, 3.63) is 18.3 Å². The van der Waals surface area contributed by atoms with E-state index in [1.54, 1.807) is 6.20 Å². The van der Waals surface area contributed by atoms with Crippen LogP contribution in [0.3, 0.4) is 0 Å². The lowest BCUT2D eigenvalue weighted by molar-refractivity contribution is 0.178. The van der Waals surface area contributed by atoms with E-state index in [2.05, 4.69) is 10.3 Å². The molecule has 0 radical (unpaired) electrons. The molecule has 15 heavy (non-hydrogen) atoms. The number of nitrogen functional groups attached to an aromatic ring is 1. The predicted octanol–water partition coefficient (Wildman–Crippen LogP) is 1.24. The molecule has 1 aromatic rings. The van der Waals surface area contributed by atoms with Gasteiger partial charge >= 0.3 is 0 Å². The first-order chi connectivity index (χ1) is 7.24. The second-order valence-electron chi connectivity index (χ2n) is 4.19. The molecule has 0 bridgehead atoms. The predicted molar refractivity (Wildman–Crippen MR) is 60.5 cm³/mol. The summed E-state index contributed by atoms with van der Waals surface area (Å²) in [6.45, 7) is 0.883. The van der Waals surface area contributed by atoms with E-state index in [1.807, 2.05) is 12.1 Å². The first-order valence-corrected chi connectivity index (χ1v) is 5.37. The van der Waals surface area contributed by atoms with Gasteiger partial charge in [-0.25, -0.2) is 4.98 Å². The summed E-state index contributed by atoms with van der Waals surface area (Å²) in [5.41, 5.74) is 6.22. The Morgan fingerprint density at radius 3 is 2.93 bits per heavy atom. The number of hydrogen-bond donors (Lipinski definition) is 3. The van der Waals surface area contributed by atoms with Crippen molar-refractivity contribution in [2.75, 3.05) is 17.6 Å². The molecule has 82 valence electrons. The van der Waals surface area contributed by atoms with Crippen molar-refractivity contribution in [2.24, 2.45) is 5.92 Å². The molecule has 0 aliphatic heterocycles. The molecule has 2 rings (SSSR count). The summed E-state index contributed by atoms with van der Waals surface area (Å²) in [5, 5.41) is 12.6. The van der Waals surface area contributed by atoms with Crippen molar-refractivity contribution in [3.8, 4) is 0 Å². The summed E-state index contributed by atoms with van der Waals surface area (Å²) in [6, 6.07) is 3.71. The van der Waals surface area contributed by atoms with Crippen LogP contribution in [0.2, 0.25) is 0 Å². The molecule has 0 amide bonds. The Labute approximate surface area is 89.5 Å². The van der Waals surface area contributed by atoms with Crippen LogP contribution in [0.5, 0.6) is 0 Å². The van der Waals surface area contributed by atoms with Crippen LogP contribution in [0, 0.1) is 5.92 Å². The van der Waals surface area contributed by atoms with E-state index in [1.165, 1.54) is 0 Å². The van der Waals surface area contributed by atoms with Gasteiger partial charge in [0.05, 0.1) is 18.0 Å². The fraction of sp³-hybridized carbons (Fsp3) is 0.545. The molecule has 1 fully saturated rings. The second-order valence-corrected chi connectivity index (χ2v) is 4.19. The van der Waals surface area contributed by atoms with Gasteiger partial charge in [0.15, 0.2) is 0 Å². The van der Waals surface area contributed by atoms with E-state index in [0.29, 0.717) is 11.6 Å². The largest absolute Gasteiger partial charge is 0.397 e. The number of aromatic nitrogens is 1. The zero-order valence-corrected chi connectivity index (χ0v) is 8.69. The van der Waals surface area contributed by atoms with Crippen LogP contribution in [0.4, 0.5) is 11.5 Å². The number of anilines is 2. The van der Waals surface area contributed by atoms with Gasteiger partial charge in [0.1, 0.15) is 5.82 Å². The smallest absolute Gasteiger partial charge is 0.126 e. The molecular formula is C11H17N3O. The average molecular weight is 207 g/mol. The molecule has 4 heteroatoms. The molecule has 2 unspecified atom stereocenters. The molecule has 1 heterocycles. The summed E-state index contributed by atoms with van der Waals surface area (Å²) in [6.07, 6.45) is 4.48. The van der Waals surface area contributed by atoms with Gasteiger partial charge < -0.3 is 16.2 Å². The third-order valence-electron chi connectivity index (χ3n) is 2.87. The van der Waals surface area contributed by atoms with Crippen LogP contribution in [-0.4, -0.2) is 22.7 Å². The third kappa shape index (κ3) is 2.83. The van der Waals surface area contributed by atoms with Crippen LogP contribution >= 0.6 is 0 Å². The average Bonchev–Trinajstić information content (AvgIpc) is 2.64. The second kappa shape index (κ2) is 4.49. The zero-order valence-electron chi connectivity index (χ0n) is 8.69. The van der Waals surface area contributed by atoms with E-state index in [9.17, 15) is 5.11 Å². The third-order valence-corrected chi connectivity index (χ3v) is 2.87. The number of aliphatic hydroxyl groups is 1. The number of nitrogens with two attached hydrogens (primary N) is 1. The molecule has 0 aromatic carbocycles. The molecule has 1 aliphatic carbocycles. The monoisotopic (exact) mass is 207 g/mol. The quantitative estimate of drug-likeness (QED) is 0.697. The summed E-state index contributed by atoms with van der Waals surface area (Å²) >= 11 is 0. The highest BCUT2D eigenvalue weighted by molar-refractivity contribution is 5.43. The SMILES string of the molecule is Nc1ccc(NCC2CCC(O)C2)nc1. The lowest BCUT2D eigenvalue weighted by Gasteiger charge is -2.11. The Balaban J connectivity index is 1.80. The maximum atomic E-state index is 9.37. The van der Waals surface area contributed by atoms with Crippen LogP contribution in [0.25, 0.3) is 0 Å². The molecule has 4 N–H and O–H groups in total. The van der Waals surface area contributed by atoms with E-state index in [0.717, 1.165) is 31.6 Å². The summed E-state index contributed by atoms with van der Waals surface area (Å²) in [5.74, 6) is 1.42. The van der Waals surface area contributed by atoms with Gasteiger partial charge in [-0.1, -0.05) is 0 Å². The van der Waals surface area contributed by atoms with E-state index >= 15 is 0 Å². The minimum Gasteiger partial charge on any atom is -0.397 e. The number of hydrogen-bond acceptors (Lipinski definition) is 4. The fourth-order valence-electron chi connectivity index (χ4n) is 1.99. The minimum atomic E-state index is -0.101. The van der Waals surface area contributed by atoms with E-state index in [-0.39, 0.29) is 6.10 Å². The molecule has 2 atom stereocenters. The van der Waals surface area contributed by atoms with Gasteiger partial charge in [0.25, 0.3) is 0 Å². The molecule has 0 spiro atoms. The van der Waals surface area contributed by atoms with Crippen molar-refractivity contribution < 1.29 is 5.11 Å². The highest BCUT2D eigenvalue weighted by Crippen LogP contribution is 2.25. The Morgan fingerprint density at radius 1 is 1.47 bits per heavy atom. The van der Waals surface area contributed by atoms with Gasteiger partial charge in [-0.15, -0.1) is 0 Å². The number of aliphatic hydroxyl groups excluding tert-OH is 1. The molecule has 4 nitrogen and oxygen atoms in total. The molecule has 1 aliphatic rings. The Bertz CT molecular complexity index is 312. The van der Waals surface area contributed by atoms with Crippen LogP contribution in [-0.2, 0) is 0 Å². The zero-order chi connectivity index (χ0) is 10.7. The van der Waals surface area contributed by atoms with Crippen LogP contribution in [0.15, 0.2) is 18.3 Å². The van der Waals surface area contributed by atoms with Crippen molar-refractivity contribution in [1.82, 2.24) is 4.98 Å². The van der Waals surface area contributed by atoms with Gasteiger partial charge in [-0.05, 0) is 37.3 Å². The molecule has 0 saturated heterocycles. The van der Waals surface area contributed by atoms with Crippen molar-refractivity contribution in [3.63, 3.8) is 0 Å². The maximum Gasteiger partial charge on any atom is 0.126 e. The first kappa shape index (κ1) is 10.2. The van der Waals surface area contributed by atoms with Gasteiger partial charge in [-0.2, -0.15) is 0 Å². The Kier molecular flexibility index (Phi) is 3.06. The lowest BCUT2D eigenvalue weighted by atomic mass is 10.1. The number of nitrogens with zero attached hydrogens (tertiary/aromatic N) is 1. The lowest BCUT2D eigenvalue weighted by Crippen LogP contribution is -2.13. The van der Waals surface area contributed by atoms with E-state index in [4.69, 9.17) is 5.73 Å². The summed E-state index contributed by atoms with van der Waals surface area (Å²) in [4.78, 5) is 4.16. The van der Waals surface area contributed by atoms with Gasteiger partial charge in [-0.3, -0.25) is 0 Å². The maximum absolute atomic E-state index is 9.37. The van der Waals surface area contributed by atoms with Crippen molar-refractivity contribution in [2.45, 2.75) is 25.4 Å². The number of pyridine rings is 1. The number of rotatable bonds is 3. The topological polar surface area (TPSA) is 71.2 Å². The fourth-order valence-corrected chi connectivity index (χ4v) is 1.99. The van der Waals surface area contributed by atoms with Crippen LogP contribution in [0.1, 0.15) is 19.3 Å². The minimum absolute atomic E-state index is 0.101. The van der Waals surface area contributed by atoms with Gasteiger partial charge in [0, 0.05) is 6.54 Å².